The van der Waals surface area contributed by atoms with Crippen LogP contribution in [0.3, 0.4) is 0 Å². The minimum Gasteiger partial charge on any atom is -0.494 e. The number of carbonyl (C=O) groups excluding carboxylic acids is 1. The fraction of sp³-hybridized carbons (Fsp3) is 0.500. The van der Waals surface area contributed by atoms with Gasteiger partial charge in [0.05, 0.1) is 16.8 Å². The summed E-state index contributed by atoms with van der Waals surface area (Å²) in [7, 11) is 0. The summed E-state index contributed by atoms with van der Waals surface area (Å²) < 4.78 is 6.51. The molecule has 2 N–H and O–H groups in total. The molecule has 6 heteroatoms. The average molecular weight is 319 g/mol. The number of hydrogen-bond acceptors (Lipinski definition) is 5. The Labute approximate surface area is 134 Å². The highest BCUT2D eigenvalue weighted by Crippen LogP contribution is 2.29. The normalized spacial score (nSPS) is 17.8. The van der Waals surface area contributed by atoms with Crippen molar-refractivity contribution >= 4 is 32.6 Å². The maximum absolute atomic E-state index is 12.0. The van der Waals surface area contributed by atoms with Crippen LogP contribution < -0.4 is 15.4 Å². The van der Waals surface area contributed by atoms with Crippen LogP contribution in [-0.2, 0) is 4.79 Å². The van der Waals surface area contributed by atoms with Crippen molar-refractivity contribution in [1.82, 2.24) is 10.3 Å². The summed E-state index contributed by atoms with van der Waals surface area (Å²) in [5.74, 6) is 0.877. The topological polar surface area (TPSA) is 63.2 Å². The molecule has 0 bridgehead atoms. The van der Waals surface area contributed by atoms with Crippen LogP contribution in [0, 0.1) is 0 Å². The number of benzene rings is 1. The van der Waals surface area contributed by atoms with E-state index in [1.807, 2.05) is 25.1 Å². The van der Waals surface area contributed by atoms with E-state index in [2.05, 4.69) is 15.6 Å². The van der Waals surface area contributed by atoms with E-state index < -0.39 is 0 Å². The molecule has 1 saturated heterocycles. The molecule has 1 unspecified atom stereocenters. The van der Waals surface area contributed by atoms with Crippen LogP contribution in [0.15, 0.2) is 18.2 Å². The fourth-order valence-corrected chi connectivity index (χ4v) is 3.62. The maximum Gasteiger partial charge on any atom is 0.226 e. The van der Waals surface area contributed by atoms with Crippen LogP contribution in [0.4, 0.5) is 5.13 Å². The zero-order valence-electron chi connectivity index (χ0n) is 12.7. The zero-order valence-corrected chi connectivity index (χ0v) is 13.5. The molecule has 0 aliphatic carbocycles. The molecular weight excluding hydrogens is 298 g/mol. The maximum atomic E-state index is 12.0. The molecule has 2 aromatic rings. The Kier molecular flexibility index (Phi) is 4.90. The number of amides is 1. The number of hydrogen-bond donors (Lipinski definition) is 2. The van der Waals surface area contributed by atoms with E-state index in [1.165, 1.54) is 24.2 Å². The molecule has 1 amide bonds. The number of aromatic nitrogens is 1. The number of nitrogens with one attached hydrogen (secondary N) is 2. The molecular formula is C16H21N3O2S. The van der Waals surface area contributed by atoms with E-state index in [0.717, 1.165) is 28.9 Å². The lowest BCUT2D eigenvalue weighted by Crippen LogP contribution is -2.23. The summed E-state index contributed by atoms with van der Waals surface area (Å²) in [5.41, 5.74) is 0.890. The Morgan fingerprint density at radius 2 is 2.45 bits per heavy atom. The van der Waals surface area contributed by atoms with E-state index in [9.17, 15) is 4.79 Å². The molecule has 5 nitrogen and oxygen atoms in total. The van der Waals surface area contributed by atoms with E-state index in [1.54, 1.807) is 0 Å². The minimum absolute atomic E-state index is 0.0396. The molecule has 22 heavy (non-hydrogen) atoms. The lowest BCUT2D eigenvalue weighted by atomic mass is 10.1. The van der Waals surface area contributed by atoms with Gasteiger partial charge in [0.25, 0.3) is 0 Å². The molecule has 118 valence electrons. The first-order valence-corrected chi connectivity index (χ1v) is 8.63. The van der Waals surface area contributed by atoms with Crippen molar-refractivity contribution in [3.63, 3.8) is 0 Å². The van der Waals surface area contributed by atoms with Gasteiger partial charge in [-0.15, -0.1) is 0 Å². The number of carbonyl (C=O) groups is 1. The number of ether oxygens (including phenoxy) is 1. The van der Waals surface area contributed by atoms with Gasteiger partial charge in [-0.2, -0.15) is 0 Å². The van der Waals surface area contributed by atoms with E-state index in [0.29, 0.717) is 24.2 Å². The van der Waals surface area contributed by atoms with E-state index in [4.69, 9.17) is 4.74 Å². The van der Waals surface area contributed by atoms with Gasteiger partial charge in [-0.25, -0.2) is 4.98 Å². The Bertz CT molecular complexity index is 650. The van der Waals surface area contributed by atoms with Gasteiger partial charge in [0.2, 0.25) is 5.91 Å². The first-order chi connectivity index (χ1) is 10.7. The quantitative estimate of drug-likeness (QED) is 0.858. The predicted molar refractivity (Wildman–Crippen MR) is 89.7 cm³/mol. The van der Waals surface area contributed by atoms with Gasteiger partial charge in [0.1, 0.15) is 5.75 Å². The molecule has 1 aromatic heterocycles. The van der Waals surface area contributed by atoms with Gasteiger partial charge < -0.3 is 15.4 Å². The van der Waals surface area contributed by atoms with Crippen molar-refractivity contribution in [1.29, 1.82) is 0 Å². The second-order valence-corrected chi connectivity index (χ2v) is 6.49. The Hall–Kier alpha value is -1.66. The second-order valence-electron chi connectivity index (χ2n) is 5.46. The lowest BCUT2D eigenvalue weighted by molar-refractivity contribution is -0.116. The van der Waals surface area contributed by atoms with E-state index in [-0.39, 0.29) is 5.91 Å². The first-order valence-electron chi connectivity index (χ1n) is 7.81. The second kappa shape index (κ2) is 7.07. The number of rotatable bonds is 6. The fourth-order valence-electron chi connectivity index (χ4n) is 2.71. The number of anilines is 1. The summed E-state index contributed by atoms with van der Waals surface area (Å²) in [4.78, 5) is 16.5. The highest BCUT2D eigenvalue weighted by atomic mass is 32.1. The number of fused-ring (bicyclic) bond motifs is 1. The Morgan fingerprint density at radius 1 is 1.55 bits per heavy atom. The lowest BCUT2D eigenvalue weighted by Gasteiger charge is -2.08. The smallest absolute Gasteiger partial charge is 0.226 e. The van der Waals surface area contributed by atoms with Crippen molar-refractivity contribution in [2.45, 2.75) is 38.6 Å². The average Bonchev–Trinajstić information content (AvgIpc) is 3.13. The third kappa shape index (κ3) is 3.75. The van der Waals surface area contributed by atoms with Crippen molar-refractivity contribution in [3.05, 3.63) is 18.2 Å². The predicted octanol–water partition coefficient (Wildman–Crippen LogP) is 3.17. The highest BCUT2D eigenvalue weighted by molar-refractivity contribution is 7.22. The van der Waals surface area contributed by atoms with E-state index >= 15 is 0 Å². The van der Waals surface area contributed by atoms with Crippen LogP contribution in [0.2, 0.25) is 0 Å². The van der Waals surface area contributed by atoms with Gasteiger partial charge in [0, 0.05) is 12.5 Å². The Balaban J connectivity index is 1.59. The van der Waals surface area contributed by atoms with Gasteiger partial charge in [-0.1, -0.05) is 11.3 Å². The molecule has 3 rings (SSSR count). The number of thiazole rings is 1. The molecule has 2 heterocycles. The van der Waals surface area contributed by atoms with Gasteiger partial charge in [0.15, 0.2) is 5.13 Å². The van der Waals surface area contributed by atoms with Crippen LogP contribution in [0.1, 0.15) is 32.6 Å². The summed E-state index contributed by atoms with van der Waals surface area (Å²) in [5, 5.41) is 6.98. The molecule has 1 aliphatic heterocycles. The molecule has 1 aliphatic rings. The monoisotopic (exact) mass is 319 g/mol. The molecule has 0 saturated carbocycles. The van der Waals surface area contributed by atoms with Crippen LogP contribution in [0.5, 0.6) is 5.75 Å². The van der Waals surface area contributed by atoms with Crippen molar-refractivity contribution in [2.75, 3.05) is 18.5 Å². The Morgan fingerprint density at radius 3 is 3.23 bits per heavy atom. The first kappa shape index (κ1) is 15.2. The summed E-state index contributed by atoms with van der Waals surface area (Å²) in [6.07, 6.45) is 3.82. The van der Waals surface area contributed by atoms with Crippen molar-refractivity contribution in [2.24, 2.45) is 0 Å². The molecule has 1 atom stereocenters. The molecule has 1 fully saturated rings. The van der Waals surface area contributed by atoms with Crippen molar-refractivity contribution < 1.29 is 9.53 Å². The molecule has 0 spiro atoms. The van der Waals surface area contributed by atoms with Crippen LogP contribution in [0.25, 0.3) is 10.2 Å². The molecule has 1 aromatic carbocycles. The number of nitrogens with zero attached hydrogens (tertiary/aromatic N) is 1. The third-order valence-electron chi connectivity index (χ3n) is 3.80. The van der Waals surface area contributed by atoms with Crippen LogP contribution in [-0.4, -0.2) is 30.1 Å². The largest absolute Gasteiger partial charge is 0.494 e. The molecule has 0 radical (unpaired) electrons. The van der Waals surface area contributed by atoms with Crippen molar-refractivity contribution in [3.8, 4) is 5.75 Å². The third-order valence-corrected chi connectivity index (χ3v) is 4.73. The summed E-state index contributed by atoms with van der Waals surface area (Å²) in [6.45, 7) is 3.68. The SMILES string of the molecule is CCOc1ccc2nc(NC(=O)CCC3CCCN3)sc2c1. The zero-order chi connectivity index (χ0) is 15.4. The minimum atomic E-state index is 0.0396. The summed E-state index contributed by atoms with van der Waals surface area (Å²) in [6, 6.07) is 6.29. The highest BCUT2D eigenvalue weighted by Gasteiger charge is 2.16. The van der Waals surface area contributed by atoms with Gasteiger partial charge in [-0.3, -0.25) is 4.79 Å². The van der Waals surface area contributed by atoms with Crippen LogP contribution >= 0.6 is 11.3 Å². The van der Waals surface area contributed by atoms with Gasteiger partial charge in [-0.05, 0) is 50.9 Å². The van der Waals surface area contributed by atoms with Gasteiger partial charge >= 0.3 is 0 Å². The standard InChI is InChI=1S/C16H21N3O2S/c1-2-21-12-6-7-13-14(10-12)22-16(18-13)19-15(20)8-5-11-4-3-9-17-11/h6-7,10-11,17H,2-5,8-9H2,1H3,(H,18,19,20). The summed E-state index contributed by atoms with van der Waals surface area (Å²) >= 11 is 1.49.